The first-order chi connectivity index (χ1) is 9.40. The summed E-state index contributed by atoms with van der Waals surface area (Å²) in [5, 5.41) is 3.56. The summed E-state index contributed by atoms with van der Waals surface area (Å²) in [6.07, 6.45) is 9.53. The molecule has 4 heteroatoms. The lowest BCUT2D eigenvalue weighted by Crippen LogP contribution is -2.26. The van der Waals surface area contributed by atoms with Crippen LogP contribution in [-0.2, 0) is 6.42 Å². The summed E-state index contributed by atoms with van der Waals surface area (Å²) in [6.45, 7) is 3.06. The predicted molar refractivity (Wildman–Crippen MR) is 73.7 cm³/mol. The lowest BCUT2D eigenvalue weighted by Gasteiger charge is -2.24. The number of fused-ring (bicyclic) bond motifs is 1. The normalized spacial score (nSPS) is 19.1. The van der Waals surface area contributed by atoms with Gasteiger partial charge in [-0.2, -0.15) is 0 Å². The van der Waals surface area contributed by atoms with Crippen molar-refractivity contribution in [2.75, 3.05) is 6.54 Å². The third-order valence-electron chi connectivity index (χ3n) is 3.77. The number of aryl methyl sites for hydroxylation is 1. The Labute approximate surface area is 113 Å². The molecule has 3 rings (SSSR count). The van der Waals surface area contributed by atoms with Gasteiger partial charge in [0.2, 0.25) is 0 Å². The van der Waals surface area contributed by atoms with Gasteiger partial charge in [-0.05, 0) is 31.0 Å². The van der Waals surface area contributed by atoms with Gasteiger partial charge < -0.3 is 5.32 Å². The number of likely N-dealkylation sites (N-methyl/N-ethyl adjacent to an activating group) is 1. The average Bonchev–Trinajstić information content (AvgIpc) is 2.89. The SMILES string of the molecule is CCNC(c1cncnc1)C1CCc2cccnc21. The first-order valence-corrected chi connectivity index (χ1v) is 6.82. The van der Waals surface area contributed by atoms with Gasteiger partial charge in [0.25, 0.3) is 0 Å². The van der Waals surface area contributed by atoms with Crippen LogP contribution >= 0.6 is 0 Å². The summed E-state index contributed by atoms with van der Waals surface area (Å²) in [7, 11) is 0. The second kappa shape index (κ2) is 5.45. The Hall–Kier alpha value is -1.81. The topological polar surface area (TPSA) is 50.7 Å². The van der Waals surface area contributed by atoms with E-state index in [9.17, 15) is 0 Å². The van der Waals surface area contributed by atoms with Crippen LogP contribution in [-0.4, -0.2) is 21.5 Å². The van der Waals surface area contributed by atoms with Crippen molar-refractivity contribution in [1.82, 2.24) is 20.3 Å². The van der Waals surface area contributed by atoms with Crippen LogP contribution in [0.15, 0.2) is 37.1 Å². The summed E-state index contributed by atoms with van der Waals surface area (Å²) in [5.74, 6) is 0.419. The van der Waals surface area contributed by atoms with Gasteiger partial charge in [-0.15, -0.1) is 0 Å². The first kappa shape index (κ1) is 12.2. The maximum atomic E-state index is 4.59. The van der Waals surface area contributed by atoms with E-state index in [-0.39, 0.29) is 6.04 Å². The van der Waals surface area contributed by atoms with Crippen molar-refractivity contribution in [3.05, 3.63) is 53.9 Å². The zero-order chi connectivity index (χ0) is 13.1. The fourth-order valence-corrected chi connectivity index (χ4v) is 2.95. The Bertz CT molecular complexity index is 541. The van der Waals surface area contributed by atoms with E-state index in [2.05, 4.69) is 33.3 Å². The van der Waals surface area contributed by atoms with Gasteiger partial charge in [0.15, 0.2) is 0 Å². The molecule has 1 aliphatic carbocycles. The van der Waals surface area contributed by atoms with Gasteiger partial charge in [0.1, 0.15) is 6.33 Å². The number of nitrogens with zero attached hydrogens (tertiary/aromatic N) is 3. The van der Waals surface area contributed by atoms with Crippen LogP contribution in [0.3, 0.4) is 0 Å². The fourth-order valence-electron chi connectivity index (χ4n) is 2.95. The molecule has 2 aromatic heterocycles. The first-order valence-electron chi connectivity index (χ1n) is 6.82. The van der Waals surface area contributed by atoms with E-state index in [0.29, 0.717) is 5.92 Å². The fraction of sp³-hybridized carbons (Fsp3) is 0.400. The van der Waals surface area contributed by atoms with E-state index in [4.69, 9.17) is 0 Å². The van der Waals surface area contributed by atoms with Crippen LogP contribution in [0.25, 0.3) is 0 Å². The van der Waals surface area contributed by atoms with Crippen LogP contribution < -0.4 is 5.32 Å². The molecule has 2 aromatic rings. The van der Waals surface area contributed by atoms with Gasteiger partial charge in [-0.3, -0.25) is 4.98 Å². The minimum Gasteiger partial charge on any atom is -0.310 e. The molecule has 2 unspecified atom stereocenters. The Morgan fingerprint density at radius 2 is 2.21 bits per heavy atom. The van der Waals surface area contributed by atoms with E-state index in [1.54, 1.807) is 6.33 Å². The molecule has 2 heterocycles. The highest BCUT2D eigenvalue weighted by Gasteiger charge is 2.31. The van der Waals surface area contributed by atoms with E-state index in [1.165, 1.54) is 11.3 Å². The van der Waals surface area contributed by atoms with Gasteiger partial charge in [0.05, 0.1) is 0 Å². The molecular weight excluding hydrogens is 236 g/mol. The summed E-state index contributed by atoms with van der Waals surface area (Å²) in [5.41, 5.74) is 3.76. The van der Waals surface area contributed by atoms with Crippen LogP contribution in [0.4, 0.5) is 0 Å². The van der Waals surface area contributed by atoms with Crippen molar-refractivity contribution in [3.8, 4) is 0 Å². The summed E-state index contributed by atoms with van der Waals surface area (Å²) < 4.78 is 0. The van der Waals surface area contributed by atoms with Crippen molar-refractivity contribution in [1.29, 1.82) is 0 Å². The lowest BCUT2D eigenvalue weighted by molar-refractivity contribution is 0.445. The molecule has 2 atom stereocenters. The van der Waals surface area contributed by atoms with Crippen molar-refractivity contribution < 1.29 is 0 Å². The number of rotatable bonds is 4. The molecule has 4 nitrogen and oxygen atoms in total. The molecule has 0 saturated carbocycles. The molecular formula is C15H18N4. The monoisotopic (exact) mass is 254 g/mol. The second-order valence-electron chi connectivity index (χ2n) is 4.90. The predicted octanol–water partition coefficient (Wildman–Crippen LogP) is 2.25. The molecule has 98 valence electrons. The zero-order valence-corrected chi connectivity index (χ0v) is 11.1. The molecule has 0 aromatic carbocycles. The van der Waals surface area contributed by atoms with Gasteiger partial charge >= 0.3 is 0 Å². The molecule has 0 spiro atoms. The highest BCUT2D eigenvalue weighted by molar-refractivity contribution is 5.32. The quantitative estimate of drug-likeness (QED) is 0.909. The molecule has 1 N–H and O–H groups in total. The van der Waals surface area contributed by atoms with Crippen molar-refractivity contribution in [3.63, 3.8) is 0 Å². The van der Waals surface area contributed by atoms with Crippen LogP contribution in [0.5, 0.6) is 0 Å². The van der Waals surface area contributed by atoms with Gasteiger partial charge in [0, 0.05) is 41.8 Å². The highest BCUT2D eigenvalue weighted by Crippen LogP contribution is 2.39. The Morgan fingerprint density at radius 1 is 1.37 bits per heavy atom. The Kier molecular flexibility index (Phi) is 3.51. The van der Waals surface area contributed by atoms with Gasteiger partial charge in [-0.1, -0.05) is 13.0 Å². The molecule has 0 fully saturated rings. The van der Waals surface area contributed by atoms with E-state index in [1.807, 2.05) is 24.7 Å². The van der Waals surface area contributed by atoms with Crippen molar-refractivity contribution in [2.45, 2.75) is 31.7 Å². The summed E-state index contributed by atoms with van der Waals surface area (Å²) in [4.78, 5) is 12.9. The number of pyridine rings is 1. The second-order valence-corrected chi connectivity index (χ2v) is 4.90. The Balaban J connectivity index is 1.94. The van der Waals surface area contributed by atoms with E-state index >= 15 is 0 Å². The lowest BCUT2D eigenvalue weighted by atomic mass is 9.92. The molecule has 0 radical (unpaired) electrons. The maximum Gasteiger partial charge on any atom is 0.115 e. The van der Waals surface area contributed by atoms with Crippen LogP contribution in [0.2, 0.25) is 0 Å². The summed E-state index contributed by atoms with van der Waals surface area (Å²) >= 11 is 0. The zero-order valence-electron chi connectivity index (χ0n) is 11.1. The molecule has 19 heavy (non-hydrogen) atoms. The molecule has 0 bridgehead atoms. The number of aromatic nitrogens is 3. The third kappa shape index (κ3) is 2.36. The summed E-state index contributed by atoms with van der Waals surface area (Å²) in [6, 6.07) is 4.46. The smallest absolute Gasteiger partial charge is 0.115 e. The van der Waals surface area contributed by atoms with Gasteiger partial charge in [-0.25, -0.2) is 9.97 Å². The number of hydrogen-bond acceptors (Lipinski definition) is 4. The average molecular weight is 254 g/mol. The van der Waals surface area contributed by atoms with Crippen molar-refractivity contribution in [2.24, 2.45) is 0 Å². The van der Waals surface area contributed by atoms with E-state index in [0.717, 1.165) is 24.9 Å². The highest BCUT2D eigenvalue weighted by atomic mass is 14.9. The van der Waals surface area contributed by atoms with Crippen LogP contribution in [0.1, 0.15) is 42.1 Å². The number of nitrogens with one attached hydrogen (secondary N) is 1. The molecule has 0 amide bonds. The molecule has 0 saturated heterocycles. The standard InChI is InChI=1S/C15H18N4/c1-2-18-15(12-8-16-10-17-9-12)13-6-5-11-4-3-7-19-14(11)13/h3-4,7-10,13,15,18H,2,5-6H2,1H3. The van der Waals surface area contributed by atoms with E-state index < -0.39 is 0 Å². The molecule has 0 aliphatic heterocycles. The largest absolute Gasteiger partial charge is 0.310 e. The number of hydrogen-bond donors (Lipinski definition) is 1. The minimum atomic E-state index is 0.252. The third-order valence-corrected chi connectivity index (χ3v) is 3.77. The van der Waals surface area contributed by atoms with Crippen LogP contribution in [0, 0.1) is 0 Å². The maximum absolute atomic E-state index is 4.59. The molecule has 1 aliphatic rings. The van der Waals surface area contributed by atoms with Crippen molar-refractivity contribution >= 4 is 0 Å². The minimum absolute atomic E-state index is 0.252. The Morgan fingerprint density at radius 3 is 3.00 bits per heavy atom.